The van der Waals surface area contributed by atoms with Crippen molar-refractivity contribution in [2.24, 2.45) is 5.92 Å². The molecule has 1 saturated heterocycles. The first-order chi connectivity index (χ1) is 10.5. The number of carbonyl (C=O) groups is 1. The lowest BCUT2D eigenvalue weighted by molar-refractivity contribution is -0.131. The highest BCUT2D eigenvalue weighted by Crippen LogP contribution is 2.23. The molecule has 0 atom stereocenters. The summed E-state index contributed by atoms with van der Waals surface area (Å²) in [5, 5.41) is 4.26. The molecular formula is C15H22N6O. The molecule has 1 aliphatic rings. The number of nitrogens with zero attached hydrogens (tertiary/aromatic N) is 6. The minimum Gasteiger partial charge on any atom is -0.345 e. The number of anilines is 1. The lowest BCUT2D eigenvalue weighted by atomic mass is 10.1. The summed E-state index contributed by atoms with van der Waals surface area (Å²) in [6.45, 7) is 11.0. The third-order valence-corrected chi connectivity index (χ3v) is 4.08. The number of amides is 1. The van der Waals surface area contributed by atoms with E-state index in [0.717, 1.165) is 36.7 Å². The number of hydrogen-bond donors (Lipinski definition) is 0. The monoisotopic (exact) mass is 302 g/mol. The molecule has 3 rings (SSSR count). The van der Waals surface area contributed by atoms with Crippen LogP contribution in [0.25, 0.3) is 5.78 Å². The predicted molar refractivity (Wildman–Crippen MR) is 83.9 cm³/mol. The molecule has 0 N–H and O–H groups in total. The lowest BCUT2D eigenvalue weighted by Crippen LogP contribution is -2.52. The number of rotatable bonds is 3. The Bertz CT molecular complexity index is 707. The first-order valence-corrected chi connectivity index (χ1v) is 7.67. The van der Waals surface area contributed by atoms with Crippen LogP contribution in [-0.4, -0.2) is 56.6 Å². The fraction of sp³-hybridized carbons (Fsp3) is 0.600. The number of aryl methyl sites for hydroxylation is 1. The van der Waals surface area contributed by atoms with Gasteiger partial charge in [-0.15, -0.1) is 0 Å². The van der Waals surface area contributed by atoms with Gasteiger partial charge in [-0.1, -0.05) is 13.8 Å². The number of hydrogen-bond acceptors (Lipinski definition) is 5. The van der Waals surface area contributed by atoms with E-state index in [0.29, 0.717) is 18.2 Å². The Kier molecular flexibility index (Phi) is 3.72. The third kappa shape index (κ3) is 2.51. The van der Waals surface area contributed by atoms with Gasteiger partial charge in [0.25, 0.3) is 5.78 Å². The number of fused-ring (bicyclic) bond motifs is 1. The van der Waals surface area contributed by atoms with Gasteiger partial charge in [0.2, 0.25) is 5.91 Å². The highest BCUT2D eigenvalue weighted by Gasteiger charge is 2.27. The van der Waals surface area contributed by atoms with E-state index in [1.807, 2.05) is 18.7 Å². The Morgan fingerprint density at radius 2 is 2.05 bits per heavy atom. The van der Waals surface area contributed by atoms with Crippen molar-refractivity contribution in [2.75, 3.05) is 31.1 Å². The van der Waals surface area contributed by atoms with Crippen molar-refractivity contribution in [1.82, 2.24) is 24.5 Å². The Hall–Kier alpha value is -2.18. The van der Waals surface area contributed by atoms with Crippen LogP contribution in [-0.2, 0) is 4.79 Å². The Morgan fingerprint density at radius 1 is 1.27 bits per heavy atom. The molecule has 0 aliphatic carbocycles. The highest BCUT2D eigenvalue weighted by atomic mass is 16.2. The SMILES string of the molecule is Cc1nc2ncnn2c(N2CCN(CC(C)C)C(=O)C2)c1C. The van der Waals surface area contributed by atoms with E-state index in [-0.39, 0.29) is 5.91 Å². The van der Waals surface area contributed by atoms with Gasteiger partial charge in [-0.05, 0) is 19.8 Å². The largest absolute Gasteiger partial charge is 0.345 e. The quantitative estimate of drug-likeness (QED) is 0.847. The zero-order valence-corrected chi connectivity index (χ0v) is 13.6. The first-order valence-electron chi connectivity index (χ1n) is 7.67. The molecule has 2 aromatic rings. The molecule has 1 fully saturated rings. The molecule has 0 saturated carbocycles. The molecule has 118 valence electrons. The van der Waals surface area contributed by atoms with Gasteiger partial charge >= 0.3 is 0 Å². The molecule has 0 bridgehead atoms. The van der Waals surface area contributed by atoms with Crippen molar-refractivity contribution in [1.29, 1.82) is 0 Å². The molecule has 0 unspecified atom stereocenters. The van der Waals surface area contributed by atoms with Crippen molar-refractivity contribution in [3.63, 3.8) is 0 Å². The van der Waals surface area contributed by atoms with E-state index in [1.54, 1.807) is 4.52 Å². The third-order valence-electron chi connectivity index (χ3n) is 4.08. The molecule has 22 heavy (non-hydrogen) atoms. The van der Waals surface area contributed by atoms with Crippen LogP contribution in [0, 0.1) is 19.8 Å². The second-order valence-electron chi connectivity index (χ2n) is 6.27. The van der Waals surface area contributed by atoms with Gasteiger partial charge < -0.3 is 9.80 Å². The summed E-state index contributed by atoms with van der Waals surface area (Å²) in [6, 6.07) is 0. The van der Waals surface area contributed by atoms with E-state index in [1.165, 1.54) is 6.33 Å². The van der Waals surface area contributed by atoms with Gasteiger partial charge in [-0.2, -0.15) is 14.6 Å². The second kappa shape index (κ2) is 5.55. The van der Waals surface area contributed by atoms with Gasteiger partial charge in [0.1, 0.15) is 12.1 Å². The maximum absolute atomic E-state index is 12.4. The van der Waals surface area contributed by atoms with Gasteiger partial charge in [0.05, 0.1) is 6.54 Å². The normalized spacial score (nSPS) is 16.1. The van der Waals surface area contributed by atoms with Crippen LogP contribution in [0.2, 0.25) is 0 Å². The minimum atomic E-state index is 0.169. The van der Waals surface area contributed by atoms with Crippen LogP contribution < -0.4 is 4.90 Å². The summed E-state index contributed by atoms with van der Waals surface area (Å²) in [7, 11) is 0. The number of aromatic nitrogens is 4. The van der Waals surface area contributed by atoms with E-state index < -0.39 is 0 Å². The van der Waals surface area contributed by atoms with Gasteiger partial charge in [-0.3, -0.25) is 4.79 Å². The maximum Gasteiger partial charge on any atom is 0.254 e. The van der Waals surface area contributed by atoms with Crippen molar-refractivity contribution in [3.8, 4) is 0 Å². The van der Waals surface area contributed by atoms with Gasteiger partial charge in [-0.25, -0.2) is 4.98 Å². The molecular weight excluding hydrogens is 280 g/mol. The van der Waals surface area contributed by atoms with Crippen LogP contribution in [0.15, 0.2) is 6.33 Å². The smallest absolute Gasteiger partial charge is 0.254 e. The summed E-state index contributed by atoms with van der Waals surface area (Å²) in [5.74, 6) is 2.16. The zero-order chi connectivity index (χ0) is 15.9. The summed E-state index contributed by atoms with van der Waals surface area (Å²) >= 11 is 0. The average molecular weight is 302 g/mol. The molecule has 3 heterocycles. The van der Waals surface area contributed by atoms with E-state index in [9.17, 15) is 4.79 Å². The molecule has 7 nitrogen and oxygen atoms in total. The standard InChI is InChI=1S/C15H22N6O/c1-10(2)7-19-5-6-20(8-13(19)22)14-11(3)12(4)18-15-16-9-17-21(14)15/h9-10H,5-8H2,1-4H3. The average Bonchev–Trinajstić information content (AvgIpc) is 2.89. The zero-order valence-electron chi connectivity index (χ0n) is 13.6. The fourth-order valence-corrected chi connectivity index (χ4v) is 2.91. The summed E-state index contributed by atoms with van der Waals surface area (Å²) in [5.41, 5.74) is 1.97. The van der Waals surface area contributed by atoms with E-state index >= 15 is 0 Å². The molecule has 0 radical (unpaired) electrons. The lowest BCUT2D eigenvalue weighted by Gasteiger charge is -2.36. The molecule has 2 aromatic heterocycles. The fourth-order valence-electron chi connectivity index (χ4n) is 2.91. The molecule has 1 amide bonds. The van der Waals surface area contributed by atoms with Crippen molar-refractivity contribution in [3.05, 3.63) is 17.6 Å². The number of piperazine rings is 1. The van der Waals surface area contributed by atoms with Crippen LogP contribution >= 0.6 is 0 Å². The van der Waals surface area contributed by atoms with Crippen molar-refractivity contribution >= 4 is 17.5 Å². The summed E-state index contributed by atoms with van der Waals surface area (Å²) in [6.07, 6.45) is 1.50. The molecule has 0 aromatic carbocycles. The Morgan fingerprint density at radius 3 is 2.73 bits per heavy atom. The maximum atomic E-state index is 12.4. The van der Waals surface area contributed by atoms with Crippen molar-refractivity contribution < 1.29 is 4.79 Å². The first kappa shape index (κ1) is 14.7. The predicted octanol–water partition coefficient (Wildman–Crippen LogP) is 1.05. The highest BCUT2D eigenvalue weighted by molar-refractivity contribution is 5.83. The topological polar surface area (TPSA) is 66.6 Å². The van der Waals surface area contributed by atoms with Gasteiger partial charge in [0, 0.05) is 30.9 Å². The van der Waals surface area contributed by atoms with Crippen LogP contribution in [0.3, 0.4) is 0 Å². The minimum absolute atomic E-state index is 0.169. The van der Waals surface area contributed by atoms with Crippen LogP contribution in [0.1, 0.15) is 25.1 Å². The molecule has 7 heteroatoms. The van der Waals surface area contributed by atoms with Gasteiger partial charge in [0.15, 0.2) is 0 Å². The van der Waals surface area contributed by atoms with Crippen molar-refractivity contribution in [2.45, 2.75) is 27.7 Å². The summed E-state index contributed by atoms with van der Waals surface area (Å²) in [4.78, 5) is 25.0. The molecule has 1 aliphatic heterocycles. The second-order valence-corrected chi connectivity index (χ2v) is 6.27. The summed E-state index contributed by atoms with van der Waals surface area (Å²) < 4.78 is 1.73. The van der Waals surface area contributed by atoms with Crippen LogP contribution in [0.4, 0.5) is 5.82 Å². The molecule has 0 spiro atoms. The van der Waals surface area contributed by atoms with Crippen LogP contribution in [0.5, 0.6) is 0 Å². The van der Waals surface area contributed by atoms with E-state index in [4.69, 9.17) is 0 Å². The number of carbonyl (C=O) groups excluding carboxylic acids is 1. The van der Waals surface area contributed by atoms with E-state index in [2.05, 4.69) is 33.8 Å². The Labute approximate surface area is 130 Å². The Balaban J connectivity index is 1.92.